The molecule has 1 aromatic carbocycles. The number of likely N-dealkylation sites (N-methyl/N-ethyl adjacent to an activating group) is 1. The third-order valence-corrected chi connectivity index (χ3v) is 3.87. The monoisotopic (exact) mass is 284 g/mol. The highest BCUT2D eigenvalue weighted by Crippen LogP contribution is 2.26. The molecule has 2 rings (SSSR count). The Hall–Kier alpha value is -1.13. The fourth-order valence-electron chi connectivity index (χ4n) is 2.48. The number of carbonyl (C=O) groups is 1. The molecule has 0 bridgehead atoms. The molecule has 1 amide bonds. The van der Waals surface area contributed by atoms with Crippen LogP contribution in [0.25, 0.3) is 0 Å². The van der Waals surface area contributed by atoms with Crippen LogP contribution in [0, 0.1) is 5.82 Å². The summed E-state index contributed by atoms with van der Waals surface area (Å²) in [4.78, 5) is 15.7. The number of amides is 1. The van der Waals surface area contributed by atoms with Gasteiger partial charge in [0.25, 0.3) is 0 Å². The molecular weight excluding hydrogens is 267 g/mol. The van der Waals surface area contributed by atoms with Crippen LogP contribution in [0.1, 0.15) is 18.4 Å². The van der Waals surface area contributed by atoms with Gasteiger partial charge < -0.3 is 4.90 Å². The van der Waals surface area contributed by atoms with Crippen LogP contribution >= 0.6 is 11.6 Å². The van der Waals surface area contributed by atoms with Gasteiger partial charge in [0.15, 0.2) is 0 Å². The Kier molecular flexibility index (Phi) is 4.42. The van der Waals surface area contributed by atoms with Crippen molar-refractivity contribution >= 4 is 17.5 Å². The van der Waals surface area contributed by atoms with Gasteiger partial charge in [0.1, 0.15) is 5.82 Å². The van der Waals surface area contributed by atoms with Crippen molar-refractivity contribution in [1.82, 2.24) is 9.80 Å². The van der Waals surface area contributed by atoms with E-state index in [2.05, 4.69) is 0 Å². The third-order valence-electron chi connectivity index (χ3n) is 3.51. The number of benzene rings is 1. The van der Waals surface area contributed by atoms with Crippen LogP contribution in [-0.4, -0.2) is 42.4 Å². The molecule has 1 atom stereocenters. The Morgan fingerprint density at radius 2 is 2.26 bits per heavy atom. The number of rotatable bonds is 3. The Morgan fingerprint density at radius 1 is 1.53 bits per heavy atom. The molecule has 3 nitrogen and oxygen atoms in total. The molecule has 1 aromatic rings. The molecule has 0 radical (unpaired) electrons. The van der Waals surface area contributed by atoms with Gasteiger partial charge in [-0.15, -0.1) is 0 Å². The topological polar surface area (TPSA) is 23.6 Å². The van der Waals surface area contributed by atoms with E-state index in [0.29, 0.717) is 17.1 Å². The van der Waals surface area contributed by atoms with E-state index in [1.807, 2.05) is 4.90 Å². The molecular formula is C14H18ClFN2O. The number of carbonyl (C=O) groups excluding carboxylic acids is 1. The molecule has 1 saturated heterocycles. The molecule has 0 saturated carbocycles. The van der Waals surface area contributed by atoms with Gasteiger partial charge in [0.05, 0.1) is 6.04 Å². The lowest BCUT2D eigenvalue weighted by Gasteiger charge is -2.26. The highest BCUT2D eigenvalue weighted by atomic mass is 35.5. The average molecular weight is 285 g/mol. The zero-order valence-electron chi connectivity index (χ0n) is 11.2. The average Bonchev–Trinajstić information content (AvgIpc) is 2.81. The fourth-order valence-corrected chi connectivity index (χ4v) is 2.70. The minimum absolute atomic E-state index is 0.0740. The summed E-state index contributed by atoms with van der Waals surface area (Å²) in [5, 5.41) is 0.419. The number of hydrogen-bond donors (Lipinski definition) is 0. The lowest BCUT2D eigenvalue weighted by molar-refractivity contribution is -0.133. The standard InChI is InChI=1S/C14H18ClFN2O/c1-17(2)14(19)13-7-4-8-18(13)9-10-11(15)5-3-6-12(10)16/h3,5-6,13H,4,7-9H2,1-2H3/t13-/m0/s1. The molecule has 0 aromatic heterocycles. The van der Waals surface area contributed by atoms with Gasteiger partial charge in [-0.1, -0.05) is 17.7 Å². The molecule has 5 heteroatoms. The lowest BCUT2D eigenvalue weighted by atomic mass is 10.1. The van der Waals surface area contributed by atoms with Gasteiger partial charge in [-0.25, -0.2) is 4.39 Å². The summed E-state index contributed by atoms with van der Waals surface area (Å²) in [5.74, 6) is -0.236. The SMILES string of the molecule is CN(C)C(=O)[C@@H]1CCCN1Cc1c(F)cccc1Cl. The van der Waals surface area contributed by atoms with Gasteiger partial charge in [0.2, 0.25) is 5.91 Å². The first-order valence-electron chi connectivity index (χ1n) is 6.39. The van der Waals surface area contributed by atoms with Gasteiger partial charge in [0, 0.05) is 31.2 Å². The second-order valence-corrected chi connectivity index (χ2v) is 5.47. The summed E-state index contributed by atoms with van der Waals surface area (Å²) in [5.41, 5.74) is 0.475. The van der Waals surface area contributed by atoms with Crippen molar-refractivity contribution in [3.05, 3.63) is 34.6 Å². The Labute approximate surface area is 117 Å². The van der Waals surface area contributed by atoms with E-state index in [9.17, 15) is 9.18 Å². The zero-order valence-corrected chi connectivity index (χ0v) is 12.0. The predicted molar refractivity (Wildman–Crippen MR) is 73.5 cm³/mol. The van der Waals surface area contributed by atoms with Gasteiger partial charge in [-0.3, -0.25) is 9.69 Å². The lowest BCUT2D eigenvalue weighted by Crippen LogP contribution is -2.42. The Bertz CT molecular complexity index is 458. The first kappa shape index (κ1) is 14.3. The summed E-state index contributed by atoms with van der Waals surface area (Å²) < 4.78 is 13.8. The maximum Gasteiger partial charge on any atom is 0.239 e. The minimum atomic E-state index is -0.310. The normalized spacial score (nSPS) is 19.7. The van der Waals surface area contributed by atoms with E-state index < -0.39 is 0 Å². The van der Waals surface area contributed by atoms with Crippen molar-refractivity contribution in [2.24, 2.45) is 0 Å². The molecule has 1 aliphatic heterocycles. The molecule has 0 aliphatic carbocycles. The number of halogens is 2. The van der Waals surface area contributed by atoms with Gasteiger partial charge in [-0.2, -0.15) is 0 Å². The van der Waals surface area contributed by atoms with Crippen LogP contribution in [0.3, 0.4) is 0 Å². The number of nitrogens with zero attached hydrogens (tertiary/aromatic N) is 2. The Balaban J connectivity index is 2.16. The quantitative estimate of drug-likeness (QED) is 0.852. The van der Waals surface area contributed by atoms with E-state index in [1.54, 1.807) is 31.1 Å². The Morgan fingerprint density at radius 3 is 2.89 bits per heavy atom. The maximum absolute atomic E-state index is 13.8. The second-order valence-electron chi connectivity index (χ2n) is 5.06. The van der Waals surface area contributed by atoms with E-state index >= 15 is 0 Å². The van der Waals surface area contributed by atoms with Gasteiger partial charge >= 0.3 is 0 Å². The number of hydrogen-bond acceptors (Lipinski definition) is 2. The summed E-state index contributed by atoms with van der Waals surface area (Å²) in [6.45, 7) is 1.19. The van der Waals surface area contributed by atoms with E-state index in [0.717, 1.165) is 19.4 Å². The molecule has 1 heterocycles. The first-order chi connectivity index (χ1) is 9.00. The van der Waals surface area contributed by atoms with Gasteiger partial charge in [-0.05, 0) is 31.5 Å². The molecule has 0 unspecified atom stereocenters. The van der Waals surface area contributed by atoms with Crippen LogP contribution in [-0.2, 0) is 11.3 Å². The van der Waals surface area contributed by atoms with Crippen molar-refractivity contribution in [3.8, 4) is 0 Å². The molecule has 1 fully saturated rings. The smallest absolute Gasteiger partial charge is 0.239 e. The molecule has 19 heavy (non-hydrogen) atoms. The van der Waals surface area contributed by atoms with Crippen LogP contribution in [0.4, 0.5) is 4.39 Å². The van der Waals surface area contributed by atoms with E-state index in [1.165, 1.54) is 6.07 Å². The summed E-state index contributed by atoms with van der Waals surface area (Å²) in [7, 11) is 3.49. The van der Waals surface area contributed by atoms with Crippen molar-refractivity contribution in [3.63, 3.8) is 0 Å². The zero-order chi connectivity index (χ0) is 14.0. The molecule has 1 aliphatic rings. The molecule has 0 N–H and O–H groups in total. The second kappa shape index (κ2) is 5.88. The van der Waals surface area contributed by atoms with Crippen molar-refractivity contribution in [2.75, 3.05) is 20.6 Å². The molecule has 0 spiro atoms. The number of likely N-dealkylation sites (tertiary alicyclic amines) is 1. The fraction of sp³-hybridized carbons (Fsp3) is 0.500. The van der Waals surface area contributed by atoms with E-state index in [-0.39, 0.29) is 17.8 Å². The summed E-state index contributed by atoms with van der Waals surface area (Å²) in [6.07, 6.45) is 1.78. The van der Waals surface area contributed by atoms with E-state index in [4.69, 9.17) is 11.6 Å². The highest BCUT2D eigenvalue weighted by molar-refractivity contribution is 6.31. The third kappa shape index (κ3) is 3.07. The summed E-state index contributed by atoms with van der Waals surface area (Å²) >= 11 is 6.04. The highest BCUT2D eigenvalue weighted by Gasteiger charge is 2.32. The predicted octanol–water partition coefficient (Wildman–Crippen LogP) is 2.53. The minimum Gasteiger partial charge on any atom is -0.347 e. The molecule has 104 valence electrons. The van der Waals surface area contributed by atoms with Crippen LogP contribution < -0.4 is 0 Å². The largest absolute Gasteiger partial charge is 0.347 e. The van der Waals surface area contributed by atoms with Crippen LogP contribution in [0.2, 0.25) is 5.02 Å². The maximum atomic E-state index is 13.8. The first-order valence-corrected chi connectivity index (χ1v) is 6.76. The van der Waals surface area contributed by atoms with Crippen molar-refractivity contribution < 1.29 is 9.18 Å². The van der Waals surface area contributed by atoms with Crippen molar-refractivity contribution in [2.45, 2.75) is 25.4 Å². The van der Waals surface area contributed by atoms with Crippen molar-refractivity contribution in [1.29, 1.82) is 0 Å². The summed E-state index contributed by atoms with van der Waals surface area (Å²) in [6, 6.07) is 4.51. The van der Waals surface area contributed by atoms with Crippen LogP contribution in [0.5, 0.6) is 0 Å². The van der Waals surface area contributed by atoms with Crippen LogP contribution in [0.15, 0.2) is 18.2 Å².